The fourth-order valence-corrected chi connectivity index (χ4v) is 3.16. The first kappa shape index (κ1) is 23.5. The summed E-state index contributed by atoms with van der Waals surface area (Å²) in [6.45, 7) is 0.432. The molecule has 3 aromatic rings. The Morgan fingerprint density at radius 1 is 1.22 bits per heavy atom. The summed E-state index contributed by atoms with van der Waals surface area (Å²) in [5.41, 5.74) is 0.199. The highest BCUT2D eigenvalue weighted by atomic mass is 19.4. The molecule has 1 amide bonds. The molecule has 3 rings (SSSR count). The van der Waals surface area contributed by atoms with E-state index in [9.17, 15) is 31.9 Å². The Bertz CT molecular complexity index is 1090. The molecular weight excluding hydrogens is 437 g/mol. The number of carbonyl (C=O) groups is 1. The average molecular weight is 457 g/mol. The second kappa shape index (κ2) is 9.51. The third-order valence-electron chi connectivity index (χ3n) is 4.77. The molecule has 0 bridgehead atoms. The first-order chi connectivity index (χ1) is 15.1. The van der Waals surface area contributed by atoms with Gasteiger partial charge in [-0.3, -0.25) is 9.20 Å². The van der Waals surface area contributed by atoms with Crippen LogP contribution >= 0.6 is 0 Å². The van der Waals surface area contributed by atoms with Gasteiger partial charge >= 0.3 is 6.18 Å². The third kappa shape index (κ3) is 5.34. The number of aryl methyl sites for hydroxylation is 1. The lowest BCUT2D eigenvalue weighted by Crippen LogP contribution is -2.39. The van der Waals surface area contributed by atoms with Crippen LogP contribution in [-0.2, 0) is 6.61 Å². The summed E-state index contributed by atoms with van der Waals surface area (Å²) in [6, 6.07) is 5.35. The van der Waals surface area contributed by atoms with Crippen molar-refractivity contribution in [3.63, 3.8) is 0 Å². The fraction of sp³-hybridized carbons (Fsp3) is 0.333. The van der Waals surface area contributed by atoms with Crippen LogP contribution < -0.4 is 10.1 Å². The van der Waals surface area contributed by atoms with Crippen molar-refractivity contribution in [2.24, 2.45) is 0 Å². The summed E-state index contributed by atoms with van der Waals surface area (Å²) in [4.78, 5) is 17.0. The van der Waals surface area contributed by atoms with Crippen LogP contribution in [0.4, 0.5) is 22.0 Å². The number of pyridine rings is 1. The average Bonchev–Trinajstić information content (AvgIpc) is 3.06. The highest BCUT2D eigenvalue weighted by Gasteiger charge is 2.29. The van der Waals surface area contributed by atoms with Gasteiger partial charge in [0.1, 0.15) is 23.9 Å². The van der Waals surface area contributed by atoms with Crippen molar-refractivity contribution < 1.29 is 36.6 Å². The van der Waals surface area contributed by atoms with Gasteiger partial charge < -0.3 is 15.2 Å². The van der Waals surface area contributed by atoms with E-state index in [4.69, 9.17) is 4.74 Å². The van der Waals surface area contributed by atoms with E-state index >= 15 is 0 Å². The summed E-state index contributed by atoms with van der Waals surface area (Å²) in [6.07, 6.45) is -4.56. The van der Waals surface area contributed by atoms with Gasteiger partial charge in [-0.15, -0.1) is 0 Å². The lowest BCUT2D eigenvalue weighted by atomic mass is 10.1. The number of aliphatic hydroxyl groups is 1. The Labute approximate surface area is 179 Å². The second-order valence-electron chi connectivity index (χ2n) is 7.11. The maximum absolute atomic E-state index is 13.8. The van der Waals surface area contributed by atoms with E-state index in [-0.39, 0.29) is 28.3 Å². The lowest BCUT2D eigenvalue weighted by molar-refractivity contribution is -0.137. The summed E-state index contributed by atoms with van der Waals surface area (Å²) >= 11 is 0. The predicted octanol–water partition coefficient (Wildman–Crippen LogP) is 3.93. The Kier molecular flexibility index (Phi) is 6.97. The number of amides is 1. The molecule has 0 spiro atoms. The SMILES string of the molecule is Cc1nc2c(OCc3c(F)cccc3F)cccn2c1C(=O)NC(CO)CCC(F)(F)F. The van der Waals surface area contributed by atoms with Crippen LogP contribution in [0.3, 0.4) is 0 Å². The summed E-state index contributed by atoms with van der Waals surface area (Å²) in [7, 11) is 0. The molecule has 0 aliphatic heterocycles. The van der Waals surface area contributed by atoms with Crippen LogP contribution in [0.2, 0.25) is 0 Å². The molecule has 2 N–H and O–H groups in total. The van der Waals surface area contributed by atoms with Crippen molar-refractivity contribution in [2.45, 2.75) is 38.6 Å². The molecule has 0 fully saturated rings. The molecule has 0 radical (unpaired) electrons. The van der Waals surface area contributed by atoms with E-state index in [1.165, 1.54) is 35.7 Å². The molecule has 172 valence electrons. The minimum absolute atomic E-state index is 0.0352. The number of hydrogen-bond acceptors (Lipinski definition) is 4. The molecule has 6 nitrogen and oxygen atoms in total. The maximum Gasteiger partial charge on any atom is 0.389 e. The number of benzene rings is 1. The zero-order valence-electron chi connectivity index (χ0n) is 16.9. The first-order valence-corrected chi connectivity index (χ1v) is 9.62. The van der Waals surface area contributed by atoms with Gasteiger partial charge in [0.05, 0.1) is 23.9 Å². The molecule has 0 aliphatic carbocycles. The Balaban J connectivity index is 1.82. The Hall–Kier alpha value is -3.21. The van der Waals surface area contributed by atoms with Crippen molar-refractivity contribution in [3.05, 3.63) is 65.1 Å². The van der Waals surface area contributed by atoms with E-state index in [0.29, 0.717) is 0 Å². The fourth-order valence-electron chi connectivity index (χ4n) is 3.16. The number of rotatable bonds is 8. The van der Waals surface area contributed by atoms with E-state index < -0.39 is 55.8 Å². The van der Waals surface area contributed by atoms with E-state index in [2.05, 4.69) is 10.3 Å². The number of carbonyl (C=O) groups excluding carboxylic acids is 1. The van der Waals surface area contributed by atoms with Crippen LogP contribution in [0, 0.1) is 18.6 Å². The van der Waals surface area contributed by atoms with Crippen LogP contribution in [0.1, 0.15) is 34.6 Å². The van der Waals surface area contributed by atoms with Crippen LogP contribution in [0.15, 0.2) is 36.5 Å². The van der Waals surface area contributed by atoms with Crippen molar-refractivity contribution in [1.29, 1.82) is 0 Å². The van der Waals surface area contributed by atoms with Gasteiger partial charge in [-0.25, -0.2) is 13.8 Å². The second-order valence-corrected chi connectivity index (χ2v) is 7.11. The molecule has 1 atom stereocenters. The molecule has 32 heavy (non-hydrogen) atoms. The monoisotopic (exact) mass is 457 g/mol. The van der Waals surface area contributed by atoms with Crippen molar-refractivity contribution in [1.82, 2.24) is 14.7 Å². The van der Waals surface area contributed by atoms with Crippen LogP contribution in [0.25, 0.3) is 5.65 Å². The Morgan fingerprint density at radius 3 is 2.53 bits per heavy atom. The molecule has 0 saturated carbocycles. The van der Waals surface area contributed by atoms with Crippen molar-refractivity contribution >= 4 is 11.6 Å². The number of aliphatic hydroxyl groups excluding tert-OH is 1. The number of imidazole rings is 1. The molecular formula is C21H20F5N3O3. The summed E-state index contributed by atoms with van der Waals surface area (Å²) in [5, 5.41) is 11.7. The van der Waals surface area contributed by atoms with Crippen molar-refractivity contribution in [3.8, 4) is 5.75 Å². The standard InChI is InChI=1S/C21H20F5N3O3/c1-12-18(20(31)28-13(10-30)7-8-21(24,25)26)29-9-3-6-17(19(29)27-12)32-11-14-15(22)4-2-5-16(14)23/h2-6,9,13,30H,7-8,10-11H2,1H3,(H,28,31). The van der Waals surface area contributed by atoms with Gasteiger partial charge in [0.25, 0.3) is 5.91 Å². The van der Waals surface area contributed by atoms with Gasteiger partial charge in [0.15, 0.2) is 11.4 Å². The van der Waals surface area contributed by atoms with Gasteiger partial charge in [-0.05, 0) is 37.6 Å². The maximum atomic E-state index is 13.8. The molecule has 11 heteroatoms. The number of ether oxygens (including phenoxy) is 1. The lowest BCUT2D eigenvalue weighted by Gasteiger charge is -2.17. The zero-order valence-corrected chi connectivity index (χ0v) is 16.9. The van der Waals surface area contributed by atoms with Crippen LogP contribution in [-0.4, -0.2) is 39.2 Å². The molecule has 2 heterocycles. The van der Waals surface area contributed by atoms with E-state index in [0.717, 1.165) is 12.1 Å². The zero-order chi connectivity index (χ0) is 23.5. The predicted molar refractivity (Wildman–Crippen MR) is 104 cm³/mol. The minimum Gasteiger partial charge on any atom is -0.485 e. The highest BCUT2D eigenvalue weighted by molar-refractivity contribution is 5.95. The highest BCUT2D eigenvalue weighted by Crippen LogP contribution is 2.25. The normalized spacial score (nSPS) is 12.7. The molecule has 2 aromatic heterocycles. The Morgan fingerprint density at radius 2 is 1.91 bits per heavy atom. The number of alkyl halides is 3. The molecule has 0 aliphatic rings. The van der Waals surface area contributed by atoms with Gasteiger partial charge in [-0.2, -0.15) is 13.2 Å². The van der Waals surface area contributed by atoms with Gasteiger partial charge in [0, 0.05) is 12.6 Å². The van der Waals surface area contributed by atoms with E-state index in [1.807, 2.05) is 0 Å². The van der Waals surface area contributed by atoms with Crippen molar-refractivity contribution in [2.75, 3.05) is 6.61 Å². The number of nitrogens with zero attached hydrogens (tertiary/aromatic N) is 2. The smallest absolute Gasteiger partial charge is 0.389 e. The number of nitrogens with one attached hydrogen (secondary N) is 1. The topological polar surface area (TPSA) is 75.9 Å². The third-order valence-corrected chi connectivity index (χ3v) is 4.77. The number of fused-ring (bicyclic) bond motifs is 1. The molecule has 1 unspecified atom stereocenters. The summed E-state index contributed by atoms with van der Waals surface area (Å²) in [5.74, 6) is -2.13. The van der Waals surface area contributed by atoms with Gasteiger partial charge in [-0.1, -0.05) is 6.07 Å². The molecule has 1 aromatic carbocycles. The van der Waals surface area contributed by atoms with Crippen LogP contribution in [0.5, 0.6) is 5.75 Å². The number of halogens is 5. The first-order valence-electron chi connectivity index (χ1n) is 9.62. The molecule has 0 saturated heterocycles. The number of hydrogen-bond donors (Lipinski definition) is 2. The number of aromatic nitrogens is 2. The largest absolute Gasteiger partial charge is 0.485 e. The van der Waals surface area contributed by atoms with E-state index in [1.54, 1.807) is 0 Å². The minimum atomic E-state index is -4.42. The quantitative estimate of drug-likeness (QED) is 0.503. The van der Waals surface area contributed by atoms with Gasteiger partial charge in [0.2, 0.25) is 0 Å². The summed E-state index contributed by atoms with van der Waals surface area (Å²) < 4.78 is 72.0.